The normalized spacial score (nSPS) is 11.6. The van der Waals surface area contributed by atoms with E-state index in [2.05, 4.69) is 0 Å². The molecule has 0 atom stereocenters. The zero-order chi connectivity index (χ0) is 20.6. The number of nitrogens with zero attached hydrogens (tertiary/aromatic N) is 4. The topological polar surface area (TPSA) is 95.2 Å². The fourth-order valence-corrected chi connectivity index (χ4v) is 3.27. The maximum absolute atomic E-state index is 9.62. The molecule has 3 rings (SSSR count). The number of nitriles is 4. The lowest BCUT2D eigenvalue weighted by Crippen LogP contribution is -2.16. The summed E-state index contributed by atoms with van der Waals surface area (Å²) in [5, 5.41) is 38.8. The molecule has 0 saturated carbocycles. The summed E-state index contributed by atoms with van der Waals surface area (Å²) in [6, 6.07) is 24.2. The van der Waals surface area contributed by atoms with Crippen LogP contribution in [-0.4, -0.2) is 0 Å². The van der Waals surface area contributed by atoms with Crippen LogP contribution in [0.1, 0.15) is 5.56 Å². The van der Waals surface area contributed by atoms with Gasteiger partial charge in [-0.05, 0) is 16.4 Å². The zero-order valence-corrected chi connectivity index (χ0v) is 15.4. The molecule has 134 valence electrons. The summed E-state index contributed by atoms with van der Waals surface area (Å²) in [6.07, 6.45) is 7.86. The molecule has 1 aliphatic rings. The van der Waals surface area contributed by atoms with Gasteiger partial charge in [0, 0.05) is 16.7 Å². The molecule has 0 aromatic heterocycles. The first-order chi connectivity index (χ1) is 14.2. The molecular formula is C25H14N4. The lowest BCUT2D eigenvalue weighted by atomic mass is 9.84. The number of hydrogen-bond donors (Lipinski definition) is 0. The van der Waals surface area contributed by atoms with Crippen molar-refractivity contribution in [1.29, 1.82) is 21.0 Å². The summed E-state index contributed by atoms with van der Waals surface area (Å²) in [7, 11) is 0. The Bertz CT molecular complexity index is 1260. The van der Waals surface area contributed by atoms with Gasteiger partial charge in [-0.3, -0.25) is 0 Å². The van der Waals surface area contributed by atoms with Crippen molar-refractivity contribution in [2.75, 3.05) is 0 Å². The number of benzene rings is 2. The third-order valence-electron chi connectivity index (χ3n) is 4.59. The summed E-state index contributed by atoms with van der Waals surface area (Å²) >= 11 is 0. The first-order valence-corrected chi connectivity index (χ1v) is 8.83. The molecule has 2 aromatic carbocycles. The van der Waals surface area contributed by atoms with E-state index >= 15 is 0 Å². The van der Waals surface area contributed by atoms with Crippen molar-refractivity contribution in [1.82, 2.24) is 0 Å². The fraction of sp³-hybridized carbons (Fsp3) is 0.0400. The van der Waals surface area contributed by atoms with Crippen molar-refractivity contribution in [3.05, 3.63) is 100 Å². The van der Waals surface area contributed by atoms with Gasteiger partial charge < -0.3 is 0 Å². The smallest absolute Gasteiger partial charge is 0.137 e. The highest BCUT2D eigenvalue weighted by Gasteiger charge is 2.21. The Hall–Kier alpha value is -4.64. The Balaban J connectivity index is 2.42. The molecule has 4 heteroatoms. The summed E-state index contributed by atoms with van der Waals surface area (Å²) in [4.78, 5) is 0. The van der Waals surface area contributed by atoms with Gasteiger partial charge >= 0.3 is 0 Å². The minimum atomic E-state index is -0.108. The molecule has 0 amide bonds. The Morgan fingerprint density at radius 1 is 0.655 bits per heavy atom. The molecule has 0 spiro atoms. The second kappa shape index (κ2) is 8.83. The monoisotopic (exact) mass is 370 g/mol. The Morgan fingerprint density at radius 3 is 1.72 bits per heavy atom. The molecule has 1 aliphatic carbocycles. The summed E-state index contributed by atoms with van der Waals surface area (Å²) in [5.74, 6) is -0.108. The van der Waals surface area contributed by atoms with Crippen LogP contribution in [0.2, 0.25) is 0 Å². The van der Waals surface area contributed by atoms with E-state index in [0.717, 1.165) is 16.4 Å². The van der Waals surface area contributed by atoms with E-state index in [1.807, 2.05) is 91.0 Å². The molecule has 0 aliphatic heterocycles. The van der Waals surface area contributed by atoms with E-state index in [4.69, 9.17) is 10.5 Å². The highest BCUT2D eigenvalue weighted by molar-refractivity contribution is 6.03. The van der Waals surface area contributed by atoms with E-state index in [9.17, 15) is 10.5 Å². The van der Waals surface area contributed by atoms with Gasteiger partial charge in [-0.2, -0.15) is 21.0 Å². The average Bonchev–Trinajstić information content (AvgIpc) is 3.30. The van der Waals surface area contributed by atoms with Gasteiger partial charge in [0.15, 0.2) is 0 Å². The summed E-state index contributed by atoms with van der Waals surface area (Å²) in [5.41, 5.74) is 2.24. The summed E-state index contributed by atoms with van der Waals surface area (Å²) < 4.78 is 0. The van der Waals surface area contributed by atoms with Gasteiger partial charge in [0.25, 0.3) is 0 Å². The quantitative estimate of drug-likeness (QED) is 0.775. The van der Waals surface area contributed by atoms with E-state index in [0.29, 0.717) is 10.8 Å². The third-order valence-corrected chi connectivity index (χ3v) is 4.59. The molecule has 2 aromatic rings. The lowest BCUT2D eigenvalue weighted by molar-refractivity contribution is 1.12. The van der Waals surface area contributed by atoms with Gasteiger partial charge in [-0.1, -0.05) is 78.9 Å². The summed E-state index contributed by atoms with van der Waals surface area (Å²) in [6.45, 7) is 0. The number of allylic oxidation sites excluding steroid dienone is 6. The van der Waals surface area contributed by atoms with Crippen LogP contribution in [-0.2, 0) is 0 Å². The van der Waals surface area contributed by atoms with Crippen molar-refractivity contribution in [2.24, 2.45) is 5.92 Å². The largest absolute Gasteiger partial charge is 0.192 e. The zero-order valence-electron chi connectivity index (χ0n) is 15.4. The van der Waals surface area contributed by atoms with Gasteiger partial charge in [0.2, 0.25) is 0 Å². The predicted molar refractivity (Wildman–Crippen MR) is 110 cm³/mol. The van der Waals surface area contributed by atoms with Gasteiger partial charge in [0.1, 0.15) is 35.4 Å². The van der Waals surface area contributed by atoms with Crippen LogP contribution in [0.4, 0.5) is 0 Å². The van der Waals surface area contributed by atoms with Crippen molar-refractivity contribution >= 4 is 16.7 Å². The molecule has 4 nitrogen and oxygen atoms in total. The SMILES string of the molecule is N#CC(C#N)=C(C(=c1ccc(=C(C#N)C#N)cc1)C1C=CC=C1)c1ccccc1. The van der Waals surface area contributed by atoms with Crippen LogP contribution < -0.4 is 10.4 Å². The highest BCUT2D eigenvalue weighted by atomic mass is 14.3. The fourth-order valence-electron chi connectivity index (χ4n) is 3.27. The Kier molecular flexibility index (Phi) is 5.83. The van der Waals surface area contributed by atoms with Crippen LogP contribution >= 0.6 is 0 Å². The van der Waals surface area contributed by atoms with Crippen LogP contribution in [0.15, 0.2) is 84.5 Å². The minimum Gasteiger partial charge on any atom is -0.192 e. The molecule has 0 radical (unpaired) electrons. The van der Waals surface area contributed by atoms with Crippen LogP contribution in [0.3, 0.4) is 0 Å². The molecule has 0 heterocycles. The van der Waals surface area contributed by atoms with Crippen molar-refractivity contribution < 1.29 is 0 Å². The Morgan fingerprint density at radius 2 is 1.21 bits per heavy atom. The molecule has 0 unspecified atom stereocenters. The maximum Gasteiger partial charge on any atom is 0.137 e. The van der Waals surface area contributed by atoms with Gasteiger partial charge in [-0.25, -0.2) is 0 Å². The average molecular weight is 370 g/mol. The van der Waals surface area contributed by atoms with E-state index in [1.165, 1.54) is 0 Å². The van der Waals surface area contributed by atoms with Crippen molar-refractivity contribution in [3.63, 3.8) is 0 Å². The molecule has 29 heavy (non-hydrogen) atoms. The molecule has 0 bridgehead atoms. The minimum absolute atomic E-state index is 0.0327. The molecule has 0 fully saturated rings. The predicted octanol–water partition coefficient (Wildman–Crippen LogP) is 3.28. The number of hydrogen-bond acceptors (Lipinski definition) is 4. The maximum atomic E-state index is 9.62. The van der Waals surface area contributed by atoms with Gasteiger partial charge in [-0.15, -0.1) is 0 Å². The van der Waals surface area contributed by atoms with Crippen LogP contribution in [0, 0.1) is 51.2 Å². The highest BCUT2D eigenvalue weighted by Crippen LogP contribution is 2.34. The molecular weight excluding hydrogens is 356 g/mol. The Labute approximate surface area is 168 Å². The first-order valence-electron chi connectivity index (χ1n) is 8.83. The van der Waals surface area contributed by atoms with E-state index in [-0.39, 0.29) is 17.1 Å². The van der Waals surface area contributed by atoms with Crippen molar-refractivity contribution in [2.45, 2.75) is 0 Å². The lowest BCUT2D eigenvalue weighted by Gasteiger charge is -2.17. The molecule has 0 saturated heterocycles. The standard InChI is InChI=1S/C25H14N4/c26-14-22(15-27)18-10-12-21(13-11-18)24(19-8-4-5-9-19)25(23(16-28)17-29)20-6-2-1-3-7-20/h1-13,19H. The van der Waals surface area contributed by atoms with Crippen LogP contribution in [0.25, 0.3) is 16.7 Å². The second-order valence-corrected chi connectivity index (χ2v) is 6.22. The van der Waals surface area contributed by atoms with Crippen LogP contribution in [0.5, 0.6) is 0 Å². The van der Waals surface area contributed by atoms with Crippen molar-refractivity contribution in [3.8, 4) is 24.3 Å². The third kappa shape index (κ3) is 3.89. The molecule has 0 N–H and O–H groups in total. The second-order valence-electron chi connectivity index (χ2n) is 6.22. The van der Waals surface area contributed by atoms with E-state index in [1.54, 1.807) is 12.1 Å². The number of rotatable bonds is 3. The first kappa shape index (κ1) is 19.1. The van der Waals surface area contributed by atoms with E-state index < -0.39 is 0 Å². The van der Waals surface area contributed by atoms with Gasteiger partial charge in [0.05, 0.1) is 0 Å².